The molecule has 0 bridgehead atoms. The second-order valence-corrected chi connectivity index (χ2v) is 5.39. The van der Waals surface area contributed by atoms with Crippen molar-refractivity contribution in [3.05, 3.63) is 12.2 Å². The minimum Gasteiger partial charge on any atom is -0.0848 e. The van der Waals surface area contributed by atoms with E-state index in [4.69, 9.17) is 0 Å². The lowest BCUT2D eigenvalue weighted by atomic mass is 9.72. The Kier molecular flexibility index (Phi) is 3.30. The monoisotopic (exact) mass is 192 g/mol. The van der Waals surface area contributed by atoms with E-state index >= 15 is 0 Å². The van der Waals surface area contributed by atoms with Gasteiger partial charge in [0, 0.05) is 0 Å². The largest absolute Gasteiger partial charge is 0.0848 e. The highest BCUT2D eigenvalue weighted by Gasteiger charge is 2.34. The first-order valence-corrected chi connectivity index (χ1v) is 6.54. The summed E-state index contributed by atoms with van der Waals surface area (Å²) in [6.45, 7) is 2.30. The molecule has 0 aromatic heterocycles. The van der Waals surface area contributed by atoms with Gasteiger partial charge in [-0.25, -0.2) is 0 Å². The third-order valence-electron chi connectivity index (χ3n) is 4.17. The zero-order valence-corrected chi connectivity index (χ0v) is 9.60. The van der Waals surface area contributed by atoms with Crippen LogP contribution in [0.3, 0.4) is 0 Å². The molecular formula is C14H24. The molecule has 1 atom stereocenters. The van der Waals surface area contributed by atoms with Crippen molar-refractivity contribution in [1.29, 1.82) is 0 Å². The zero-order chi connectivity index (χ0) is 9.86. The van der Waals surface area contributed by atoms with Gasteiger partial charge in [0.1, 0.15) is 0 Å². The molecule has 0 N–H and O–H groups in total. The molecule has 2 aliphatic rings. The lowest BCUT2D eigenvalue weighted by molar-refractivity contribution is 0.230. The Balaban J connectivity index is 1.84. The second-order valence-electron chi connectivity index (χ2n) is 5.39. The fraction of sp³-hybridized carbons (Fsp3) is 0.857. The average molecular weight is 192 g/mol. The SMILES string of the molecule is CCCCC1C=CC2(CCCCC2)C1. The maximum Gasteiger partial charge on any atom is -0.0113 e. The van der Waals surface area contributed by atoms with Gasteiger partial charge in [-0.3, -0.25) is 0 Å². The van der Waals surface area contributed by atoms with Crippen LogP contribution in [0.5, 0.6) is 0 Å². The van der Waals surface area contributed by atoms with Gasteiger partial charge in [-0.05, 0) is 37.0 Å². The molecule has 0 aromatic rings. The predicted octanol–water partition coefficient (Wildman–Crippen LogP) is 4.70. The maximum atomic E-state index is 2.58. The second kappa shape index (κ2) is 4.51. The summed E-state index contributed by atoms with van der Waals surface area (Å²) in [5, 5.41) is 0. The van der Waals surface area contributed by atoms with E-state index in [0.717, 1.165) is 5.92 Å². The average Bonchev–Trinajstić information content (AvgIpc) is 2.60. The van der Waals surface area contributed by atoms with Gasteiger partial charge in [0.2, 0.25) is 0 Å². The molecule has 0 nitrogen and oxygen atoms in total. The molecular weight excluding hydrogens is 168 g/mol. The normalized spacial score (nSPS) is 29.9. The van der Waals surface area contributed by atoms with Crippen LogP contribution in [0.25, 0.3) is 0 Å². The Morgan fingerprint density at radius 1 is 1.21 bits per heavy atom. The standard InChI is InChI=1S/C14H24/c1-2-3-7-13-8-11-14(12-13)9-5-4-6-10-14/h8,11,13H,2-7,9-10,12H2,1H3. The highest BCUT2D eigenvalue weighted by molar-refractivity contribution is 5.11. The number of allylic oxidation sites excluding steroid dienone is 2. The molecule has 0 amide bonds. The lowest BCUT2D eigenvalue weighted by Crippen LogP contribution is -2.20. The number of hydrogen-bond acceptors (Lipinski definition) is 0. The molecule has 1 unspecified atom stereocenters. The fourth-order valence-corrected chi connectivity index (χ4v) is 3.29. The summed E-state index contributed by atoms with van der Waals surface area (Å²) in [6.07, 6.45) is 18.2. The molecule has 2 aliphatic carbocycles. The van der Waals surface area contributed by atoms with Gasteiger partial charge < -0.3 is 0 Å². The molecule has 0 heteroatoms. The van der Waals surface area contributed by atoms with Gasteiger partial charge in [-0.15, -0.1) is 0 Å². The van der Waals surface area contributed by atoms with Crippen LogP contribution in [-0.4, -0.2) is 0 Å². The number of rotatable bonds is 3. The molecule has 1 spiro atoms. The van der Waals surface area contributed by atoms with Crippen LogP contribution < -0.4 is 0 Å². The summed E-state index contributed by atoms with van der Waals surface area (Å²) in [4.78, 5) is 0. The molecule has 0 heterocycles. The first kappa shape index (κ1) is 10.3. The van der Waals surface area contributed by atoms with E-state index < -0.39 is 0 Å². The van der Waals surface area contributed by atoms with Gasteiger partial charge in [-0.2, -0.15) is 0 Å². The molecule has 1 fully saturated rings. The van der Waals surface area contributed by atoms with Gasteiger partial charge in [0.05, 0.1) is 0 Å². The van der Waals surface area contributed by atoms with Crippen molar-refractivity contribution in [2.24, 2.45) is 11.3 Å². The minimum absolute atomic E-state index is 0.663. The molecule has 0 radical (unpaired) electrons. The van der Waals surface area contributed by atoms with Gasteiger partial charge in [-0.1, -0.05) is 51.2 Å². The van der Waals surface area contributed by atoms with Crippen LogP contribution in [0.15, 0.2) is 12.2 Å². The highest BCUT2D eigenvalue weighted by atomic mass is 14.4. The third kappa shape index (κ3) is 2.21. The Labute approximate surface area is 88.8 Å². The molecule has 80 valence electrons. The summed E-state index contributed by atoms with van der Waals surface area (Å²) in [5.74, 6) is 0.924. The molecule has 0 aliphatic heterocycles. The Morgan fingerprint density at radius 2 is 2.00 bits per heavy atom. The molecule has 0 saturated heterocycles. The van der Waals surface area contributed by atoms with Crippen LogP contribution >= 0.6 is 0 Å². The van der Waals surface area contributed by atoms with E-state index in [0.29, 0.717) is 5.41 Å². The van der Waals surface area contributed by atoms with E-state index in [1.54, 1.807) is 0 Å². The van der Waals surface area contributed by atoms with E-state index in [2.05, 4.69) is 19.1 Å². The summed E-state index contributed by atoms with van der Waals surface area (Å²) >= 11 is 0. The van der Waals surface area contributed by atoms with Crippen LogP contribution in [0, 0.1) is 11.3 Å². The van der Waals surface area contributed by atoms with Crippen molar-refractivity contribution in [3.63, 3.8) is 0 Å². The van der Waals surface area contributed by atoms with Crippen molar-refractivity contribution in [3.8, 4) is 0 Å². The van der Waals surface area contributed by atoms with Crippen LogP contribution in [0.2, 0.25) is 0 Å². The Bertz CT molecular complexity index is 196. The minimum atomic E-state index is 0.663. The summed E-state index contributed by atoms with van der Waals surface area (Å²) in [7, 11) is 0. The van der Waals surface area contributed by atoms with E-state index in [9.17, 15) is 0 Å². The Morgan fingerprint density at radius 3 is 2.71 bits per heavy atom. The Hall–Kier alpha value is -0.260. The molecule has 2 rings (SSSR count). The highest BCUT2D eigenvalue weighted by Crippen LogP contribution is 2.47. The van der Waals surface area contributed by atoms with Crippen molar-refractivity contribution >= 4 is 0 Å². The van der Waals surface area contributed by atoms with Crippen LogP contribution in [0.4, 0.5) is 0 Å². The van der Waals surface area contributed by atoms with Crippen molar-refractivity contribution < 1.29 is 0 Å². The zero-order valence-electron chi connectivity index (χ0n) is 9.60. The lowest BCUT2D eigenvalue weighted by Gasteiger charge is -2.32. The predicted molar refractivity (Wildman–Crippen MR) is 62.3 cm³/mol. The summed E-state index contributed by atoms with van der Waals surface area (Å²) < 4.78 is 0. The van der Waals surface area contributed by atoms with Gasteiger partial charge in [0.15, 0.2) is 0 Å². The van der Waals surface area contributed by atoms with E-state index in [1.807, 2.05) is 0 Å². The molecule has 14 heavy (non-hydrogen) atoms. The smallest absolute Gasteiger partial charge is 0.0113 e. The van der Waals surface area contributed by atoms with Crippen molar-refractivity contribution in [2.45, 2.75) is 64.7 Å². The molecule has 1 saturated carbocycles. The van der Waals surface area contributed by atoms with Gasteiger partial charge in [0.25, 0.3) is 0 Å². The van der Waals surface area contributed by atoms with Gasteiger partial charge >= 0.3 is 0 Å². The first-order chi connectivity index (χ1) is 6.85. The molecule has 0 aromatic carbocycles. The van der Waals surface area contributed by atoms with Crippen LogP contribution in [-0.2, 0) is 0 Å². The fourth-order valence-electron chi connectivity index (χ4n) is 3.29. The van der Waals surface area contributed by atoms with E-state index in [1.165, 1.54) is 57.8 Å². The van der Waals surface area contributed by atoms with Crippen molar-refractivity contribution in [1.82, 2.24) is 0 Å². The topological polar surface area (TPSA) is 0 Å². The third-order valence-corrected chi connectivity index (χ3v) is 4.17. The summed E-state index contributed by atoms with van der Waals surface area (Å²) in [6, 6.07) is 0. The number of unbranched alkanes of at least 4 members (excludes halogenated alkanes) is 1. The van der Waals surface area contributed by atoms with E-state index in [-0.39, 0.29) is 0 Å². The quantitative estimate of drug-likeness (QED) is 0.568. The maximum absolute atomic E-state index is 2.58. The van der Waals surface area contributed by atoms with Crippen LogP contribution in [0.1, 0.15) is 64.7 Å². The first-order valence-electron chi connectivity index (χ1n) is 6.54. The number of hydrogen-bond donors (Lipinski definition) is 0. The van der Waals surface area contributed by atoms with Crippen molar-refractivity contribution in [2.75, 3.05) is 0 Å². The summed E-state index contributed by atoms with van der Waals surface area (Å²) in [5.41, 5.74) is 0.663.